The molecule has 10 aromatic carbocycles. The highest BCUT2D eigenvalue weighted by Crippen LogP contribution is 2.69. The van der Waals surface area contributed by atoms with Crippen molar-refractivity contribution in [1.29, 1.82) is 0 Å². The van der Waals surface area contributed by atoms with Gasteiger partial charge < -0.3 is 9.80 Å². The van der Waals surface area contributed by atoms with E-state index >= 15 is 0 Å². The van der Waals surface area contributed by atoms with Gasteiger partial charge in [-0.05, 0) is 188 Å². The molecule has 1 spiro atoms. The SMILES string of the molecule is CC1(C)c2ccccc2-c2ccc(N(c3ccccc3)c3cccc4c3C35c6c(cccc6N(c6ccccc6)c6ccc(-c7cc8ccccc8cc7-c7ccccc7)cc6)CC3CCC5C4)cc21. The third kappa shape index (κ3) is 6.05. The Morgan fingerprint density at radius 3 is 1.40 bits per heavy atom. The van der Waals surface area contributed by atoms with Crippen LogP contribution >= 0.6 is 0 Å². The maximum atomic E-state index is 2.61. The minimum atomic E-state index is -0.153. The number of rotatable bonds is 8. The van der Waals surface area contributed by atoms with E-state index in [4.69, 9.17) is 0 Å². The van der Waals surface area contributed by atoms with Gasteiger partial charge in [-0.1, -0.05) is 172 Å². The Kier molecular flexibility index (Phi) is 9.27. The summed E-state index contributed by atoms with van der Waals surface area (Å²) in [6.07, 6.45) is 4.66. The first kappa shape index (κ1) is 41.1. The summed E-state index contributed by atoms with van der Waals surface area (Å²) in [6.45, 7) is 4.80. The van der Waals surface area contributed by atoms with Gasteiger partial charge in [-0.3, -0.25) is 0 Å². The molecule has 0 aromatic heterocycles. The Morgan fingerprint density at radius 1 is 0.357 bits per heavy atom. The zero-order valence-corrected chi connectivity index (χ0v) is 39.8. The van der Waals surface area contributed by atoms with Crippen LogP contribution in [0.25, 0.3) is 44.2 Å². The van der Waals surface area contributed by atoms with E-state index in [1.165, 1.54) is 124 Å². The summed E-state index contributed by atoms with van der Waals surface area (Å²) in [5.74, 6) is 1.01. The van der Waals surface area contributed by atoms with Crippen LogP contribution in [0.3, 0.4) is 0 Å². The molecular weight excluding hydrogens is 845 g/mol. The monoisotopic (exact) mass is 898 g/mol. The maximum absolute atomic E-state index is 2.61. The second kappa shape index (κ2) is 15.8. The summed E-state index contributed by atoms with van der Waals surface area (Å²) in [7, 11) is 0. The van der Waals surface area contributed by atoms with Crippen molar-refractivity contribution in [2.75, 3.05) is 9.80 Å². The summed E-state index contributed by atoms with van der Waals surface area (Å²) in [5.41, 5.74) is 23.6. The van der Waals surface area contributed by atoms with Gasteiger partial charge in [0.25, 0.3) is 0 Å². The van der Waals surface area contributed by atoms with E-state index in [-0.39, 0.29) is 10.8 Å². The van der Waals surface area contributed by atoms with Crippen molar-refractivity contribution in [1.82, 2.24) is 0 Å². The molecule has 336 valence electrons. The molecule has 2 heteroatoms. The number of hydrogen-bond acceptors (Lipinski definition) is 2. The standard InChI is InChI=1S/C68H54N2/c1-67(2)61-29-15-14-28-57(61)58-39-38-56(44-62(58)67)70(54-26-10-5-11-27-54)64-31-17-23-50-41-52-35-34-51-40-49-22-16-30-63(65(49)68(51,52)66(50)64)69(53-24-8-4-9-25-53)55-36-32-46(33-37-55)60-43-48-21-13-12-20-47(48)42-59(60)45-18-6-3-7-19-45/h3-33,36-39,42-44,51-52H,34-35,40-41H2,1-2H3. The Morgan fingerprint density at radius 2 is 0.814 bits per heavy atom. The number of anilines is 6. The van der Waals surface area contributed by atoms with Gasteiger partial charge in [-0.2, -0.15) is 0 Å². The van der Waals surface area contributed by atoms with E-state index in [9.17, 15) is 0 Å². The first-order chi connectivity index (χ1) is 34.5. The van der Waals surface area contributed by atoms with E-state index < -0.39 is 0 Å². The third-order valence-corrected chi connectivity index (χ3v) is 16.9. The minimum Gasteiger partial charge on any atom is -0.310 e. The third-order valence-electron chi connectivity index (χ3n) is 16.9. The highest BCUT2D eigenvalue weighted by molar-refractivity contribution is 5.97. The van der Waals surface area contributed by atoms with Crippen LogP contribution in [-0.2, 0) is 23.7 Å². The van der Waals surface area contributed by atoms with Crippen LogP contribution in [-0.4, -0.2) is 0 Å². The van der Waals surface area contributed by atoms with Crippen molar-refractivity contribution in [3.63, 3.8) is 0 Å². The molecule has 3 atom stereocenters. The lowest BCUT2D eigenvalue weighted by Crippen LogP contribution is -2.34. The number of fused-ring (bicyclic) bond motifs is 6. The summed E-state index contributed by atoms with van der Waals surface area (Å²) in [4.78, 5) is 5.18. The number of benzene rings is 10. The molecule has 0 bridgehead atoms. The topological polar surface area (TPSA) is 6.48 Å². The quantitative estimate of drug-likeness (QED) is 0.150. The van der Waals surface area contributed by atoms with E-state index in [1.807, 2.05) is 0 Å². The van der Waals surface area contributed by atoms with Crippen LogP contribution in [0.15, 0.2) is 231 Å². The first-order valence-electron chi connectivity index (χ1n) is 25.3. The Bertz CT molecular complexity index is 3640. The smallest absolute Gasteiger partial charge is 0.0505 e. The zero-order valence-electron chi connectivity index (χ0n) is 39.8. The van der Waals surface area contributed by atoms with Gasteiger partial charge in [0.15, 0.2) is 0 Å². The maximum Gasteiger partial charge on any atom is 0.0505 e. The molecule has 0 heterocycles. The lowest BCUT2D eigenvalue weighted by Gasteiger charge is -2.40. The van der Waals surface area contributed by atoms with Crippen molar-refractivity contribution in [2.45, 2.75) is 50.4 Å². The van der Waals surface area contributed by atoms with Crippen molar-refractivity contribution in [2.24, 2.45) is 11.8 Å². The number of nitrogens with zero attached hydrogens (tertiary/aromatic N) is 2. The Hall–Kier alpha value is -7.94. The van der Waals surface area contributed by atoms with Gasteiger partial charge in [0.2, 0.25) is 0 Å². The van der Waals surface area contributed by atoms with Crippen LogP contribution in [0.4, 0.5) is 34.1 Å². The second-order valence-corrected chi connectivity index (χ2v) is 20.8. The Labute approximate surface area is 412 Å². The summed E-state index contributed by atoms with van der Waals surface area (Å²) in [5, 5.41) is 2.50. The normalized spacial score (nSPS) is 18.7. The second-order valence-electron chi connectivity index (χ2n) is 20.8. The van der Waals surface area contributed by atoms with Crippen LogP contribution in [0.1, 0.15) is 60.1 Å². The fourth-order valence-electron chi connectivity index (χ4n) is 14.0. The molecule has 4 aliphatic carbocycles. The zero-order chi connectivity index (χ0) is 46.6. The van der Waals surface area contributed by atoms with E-state index in [1.54, 1.807) is 0 Å². The average Bonchev–Trinajstić information content (AvgIpc) is 4.11. The van der Waals surface area contributed by atoms with Crippen molar-refractivity contribution in [3.05, 3.63) is 264 Å². The van der Waals surface area contributed by atoms with Crippen LogP contribution in [0.2, 0.25) is 0 Å². The molecule has 0 amide bonds. The molecule has 10 aromatic rings. The molecule has 4 aliphatic rings. The number of hydrogen-bond donors (Lipinski definition) is 0. The van der Waals surface area contributed by atoms with Crippen LogP contribution in [0.5, 0.6) is 0 Å². The largest absolute Gasteiger partial charge is 0.310 e. The van der Waals surface area contributed by atoms with Gasteiger partial charge in [-0.25, -0.2) is 0 Å². The van der Waals surface area contributed by atoms with Gasteiger partial charge in [0.1, 0.15) is 0 Å². The summed E-state index contributed by atoms with van der Waals surface area (Å²) < 4.78 is 0. The van der Waals surface area contributed by atoms with Gasteiger partial charge in [0.05, 0.1) is 11.4 Å². The highest BCUT2D eigenvalue weighted by Gasteiger charge is 2.62. The molecular formula is C68H54N2. The molecule has 0 radical (unpaired) electrons. The highest BCUT2D eigenvalue weighted by atomic mass is 15.2. The lowest BCUT2D eigenvalue weighted by molar-refractivity contribution is 0.350. The van der Waals surface area contributed by atoms with E-state index in [0.717, 1.165) is 12.8 Å². The first-order valence-corrected chi connectivity index (χ1v) is 25.3. The van der Waals surface area contributed by atoms with E-state index in [0.29, 0.717) is 11.8 Å². The minimum absolute atomic E-state index is 0.110. The molecule has 14 rings (SSSR count). The molecule has 1 saturated carbocycles. The molecule has 3 unspecified atom stereocenters. The lowest BCUT2D eigenvalue weighted by atomic mass is 9.68. The Balaban J connectivity index is 0.946. The summed E-state index contributed by atoms with van der Waals surface area (Å²) in [6, 6.07) is 86.7. The van der Waals surface area contributed by atoms with E-state index in [2.05, 4.69) is 254 Å². The molecule has 2 nitrogen and oxygen atoms in total. The molecule has 70 heavy (non-hydrogen) atoms. The van der Waals surface area contributed by atoms with Gasteiger partial charge in [-0.15, -0.1) is 0 Å². The fraction of sp³-hybridized carbons (Fsp3) is 0.147. The molecule has 0 saturated heterocycles. The molecule has 0 aliphatic heterocycles. The fourth-order valence-corrected chi connectivity index (χ4v) is 14.0. The number of para-hydroxylation sites is 2. The van der Waals surface area contributed by atoms with Crippen LogP contribution in [0, 0.1) is 11.8 Å². The van der Waals surface area contributed by atoms with Crippen molar-refractivity contribution in [3.8, 4) is 33.4 Å². The summed E-state index contributed by atoms with van der Waals surface area (Å²) >= 11 is 0. The predicted molar refractivity (Wildman–Crippen MR) is 293 cm³/mol. The predicted octanol–water partition coefficient (Wildman–Crippen LogP) is 17.8. The molecule has 1 fully saturated rings. The van der Waals surface area contributed by atoms with Crippen molar-refractivity contribution < 1.29 is 0 Å². The van der Waals surface area contributed by atoms with Crippen LogP contribution < -0.4 is 9.80 Å². The van der Waals surface area contributed by atoms with Gasteiger partial charge >= 0.3 is 0 Å². The average molecular weight is 899 g/mol. The van der Waals surface area contributed by atoms with Crippen molar-refractivity contribution >= 4 is 44.9 Å². The molecule has 0 N–H and O–H groups in total. The van der Waals surface area contributed by atoms with Gasteiger partial charge in [0, 0.05) is 33.6 Å².